The summed E-state index contributed by atoms with van der Waals surface area (Å²) in [5, 5.41) is 11.4. The summed E-state index contributed by atoms with van der Waals surface area (Å²) in [5.41, 5.74) is 2.83. The molecule has 1 fully saturated rings. The summed E-state index contributed by atoms with van der Waals surface area (Å²) >= 11 is 0. The Morgan fingerprint density at radius 1 is 1.19 bits per heavy atom. The molecule has 26 heavy (non-hydrogen) atoms. The molecule has 6 nitrogen and oxygen atoms in total. The third-order valence-corrected chi connectivity index (χ3v) is 5.06. The number of benzene rings is 1. The molecule has 0 spiro atoms. The standard InChI is InChI=1S/C20H23N5O/c1-21-20(26)16-9-7-15(8-10-16)13-24-11-4-5-17(14-24)19-23-22-18-6-2-3-12-25(18)19/h2-3,6-10,12,17H,4-5,11,13-14H2,1H3,(H,21,26). The van der Waals surface area contributed by atoms with Crippen LogP contribution >= 0.6 is 0 Å². The molecule has 134 valence electrons. The van der Waals surface area contributed by atoms with E-state index in [4.69, 9.17) is 0 Å². The van der Waals surface area contributed by atoms with Crippen LogP contribution in [0.15, 0.2) is 48.7 Å². The number of hydrogen-bond acceptors (Lipinski definition) is 4. The molecule has 1 unspecified atom stereocenters. The molecule has 0 radical (unpaired) electrons. The molecule has 0 aliphatic carbocycles. The fraction of sp³-hybridized carbons (Fsp3) is 0.350. The predicted octanol–water partition coefficient (Wildman–Crippen LogP) is 2.47. The summed E-state index contributed by atoms with van der Waals surface area (Å²) in [6.07, 6.45) is 4.34. The van der Waals surface area contributed by atoms with Gasteiger partial charge < -0.3 is 5.32 Å². The van der Waals surface area contributed by atoms with Crippen LogP contribution in [0, 0.1) is 0 Å². The van der Waals surface area contributed by atoms with Gasteiger partial charge in [0.05, 0.1) is 0 Å². The van der Waals surface area contributed by atoms with E-state index in [-0.39, 0.29) is 5.91 Å². The maximum Gasteiger partial charge on any atom is 0.251 e. The molecule has 0 saturated carbocycles. The van der Waals surface area contributed by atoms with Crippen molar-refractivity contribution in [3.05, 3.63) is 65.6 Å². The van der Waals surface area contributed by atoms with Gasteiger partial charge in [-0.2, -0.15) is 0 Å². The second-order valence-electron chi connectivity index (χ2n) is 6.84. The molecule has 1 N–H and O–H groups in total. The lowest BCUT2D eigenvalue weighted by Crippen LogP contribution is -2.34. The van der Waals surface area contributed by atoms with Gasteiger partial charge in [0.2, 0.25) is 0 Å². The third-order valence-electron chi connectivity index (χ3n) is 5.06. The van der Waals surface area contributed by atoms with E-state index in [1.54, 1.807) is 7.05 Å². The zero-order chi connectivity index (χ0) is 17.9. The Kier molecular flexibility index (Phi) is 4.67. The Balaban J connectivity index is 1.46. The van der Waals surface area contributed by atoms with Gasteiger partial charge in [-0.3, -0.25) is 14.1 Å². The van der Waals surface area contributed by atoms with E-state index in [2.05, 4.69) is 24.8 Å². The first-order valence-electron chi connectivity index (χ1n) is 9.07. The zero-order valence-electron chi connectivity index (χ0n) is 14.9. The number of hydrogen-bond donors (Lipinski definition) is 1. The van der Waals surface area contributed by atoms with E-state index in [0.717, 1.165) is 43.9 Å². The second kappa shape index (κ2) is 7.25. The minimum absolute atomic E-state index is 0.0479. The molecule has 1 aromatic carbocycles. The second-order valence-corrected chi connectivity index (χ2v) is 6.84. The molecule has 2 aromatic heterocycles. The number of rotatable bonds is 4. The van der Waals surface area contributed by atoms with Crippen LogP contribution < -0.4 is 5.32 Å². The minimum atomic E-state index is -0.0479. The van der Waals surface area contributed by atoms with Crippen LogP contribution in [0.4, 0.5) is 0 Å². The van der Waals surface area contributed by atoms with Crippen LogP contribution in [0.2, 0.25) is 0 Å². The fourth-order valence-corrected chi connectivity index (χ4v) is 3.71. The smallest absolute Gasteiger partial charge is 0.251 e. The Morgan fingerprint density at radius 2 is 2.04 bits per heavy atom. The topological polar surface area (TPSA) is 62.5 Å². The number of pyridine rings is 1. The van der Waals surface area contributed by atoms with Crippen LogP contribution in [0.25, 0.3) is 5.65 Å². The van der Waals surface area contributed by atoms with Crippen LogP contribution in [0.1, 0.15) is 40.5 Å². The Labute approximate surface area is 152 Å². The van der Waals surface area contributed by atoms with Gasteiger partial charge >= 0.3 is 0 Å². The SMILES string of the molecule is CNC(=O)c1ccc(CN2CCCC(c3nnc4ccccn34)C2)cc1. The van der Waals surface area contributed by atoms with Gasteiger partial charge in [0.1, 0.15) is 5.82 Å². The van der Waals surface area contributed by atoms with Crippen molar-refractivity contribution in [1.29, 1.82) is 0 Å². The first kappa shape index (κ1) is 16.7. The molecule has 3 aromatic rings. The van der Waals surface area contributed by atoms with E-state index in [9.17, 15) is 4.79 Å². The summed E-state index contributed by atoms with van der Waals surface area (Å²) in [4.78, 5) is 14.1. The monoisotopic (exact) mass is 349 g/mol. The molecular weight excluding hydrogens is 326 g/mol. The maximum atomic E-state index is 11.7. The number of likely N-dealkylation sites (tertiary alicyclic amines) is 1. The van der Waals surface area contributed by atoms with Gasteiger partial charge in [-0.25, -0.2) is 0 Å². The Hall–Kier alpha value is -2.73. The lowest BCUT2D eigenvalue weighted by molar-refractivity contribution is 0.0963. The summed E-state index contributed by atoms with van der Waals surface area (Å²) in [6.45, 7) is 2.96. The number of nitrogens with one attached hydrogen (secondary N) is 1. The zero-order valence-corrected chi connectivity index (χ0v) is 14.9. The molecule has 1 aliphatic heterocycles. The lowest BCUT2D eigenvalue weighted by Gasteiger charge is -2.32. The average molecular weight is 349 g/mol. The number of fused-ring (bicyclic) bond motifs is 1. The van der Waals surface area contributed by atoms with Crippen molar-refractivity contribution in [2.24, 2.45) is 0 Å². The molecular formula is C20H23N5O. The van der Waals surface area contributed by atoms with E-state index in [1.807, 2.05) is 48.7 Å². The van der Waals surface area contributed by atoms with E-state index in [1.165, 1.54) is 5.56 Å². The van der Waals surface area contributed by atoms with E-state index < -0.39 is 0 Å². The number of carbonyl (C=O) groups is 1. The predicted molar refractivity (Wildman–Crippen MR) is 100 cm³/mol. The third kappa shape index (κ3) is 3.32. The first-order valence-corrected chi connectivity index (χ1v) is 9.07. The number of aromatic nitrogens is 3. The van der Waals surface area contributed by atoms with Crippen molar-refractivity contribution >= 4 is 11.6 Å². The average Bonchev–Trinajstić information content (AvgIpc) is 3.12. The number of piperidine rings is 1. The highest BCUT2D eigenvalue weighted by Gasteiger charge is 2.25. The van der Waals surface area contributed by atoms with Gasteiger partial charge in [-0.1, -0.05) is 18.2 Å². The summed E-state index contributed by atoms with van der Waals surface area (Å²) in [7, 11) is 1.65. The van der Waals surface area contributed by atoms with Crippen molar-refractivity contribution in [1.82, 2.24) is 24.8 Å². The highest BCUT2D eigenvalue weighted by Crippen LogP contribution is 2.27. The Morgan fingerprint density at radius 3 is 2.85 bits per heavy atom. The fourth-order valence-electron chi connectivity index (χ4n) is 3.71. The normalized spacial score (nSPS) is 18.1. The molecule has 1 aliphatic rings. The van der Waals surface area contributed by atoms with Crippen molar-refractivity contribution in [3.63, 3.8) is 0 Å². The maximum absolute atomic E-state index is 11.7. The molecule has 1 amide bonds. The molecule has 3 heterocycles. The van der Waals surface area contributed by atoms with Gasteiger partial charge in [-0.05, 0) is 49.2 Å². The molecule has 4 rings (SSSR count). The van der Waals surface area contributed by atoms with Crippen LogP contribution in [-0.4, -0.2) is 45.5 Å². The minimum Gasteiger partial charge on any atom is -0.355 e. The highest BCUT2D eigenvalue weighted by atomic mass is 16.1. The summed E-state index contributed by atoms with van der Waals surface area (Å²) in [5.74, 6) is 1.40. The van der Waals surface area contributed by atoms with Gasteiger partial charge in [0.15, 0.2) is 5.65 Å². The van der Waals surface area contributed by atoms with Crippen LogP contribution in [0.3, 0.4) is 0 Å². The van der Waals surface area contributed by atoms with Crippen molar-refractivity contribution in [3.8, 4) is 0 Å². The number of carbonyl (C=O) groups excluding carboxylic acids is 1. The molecule has 6 heteroatoms. The van der Waals surface area contributed by atoms with Gasteiger partial charge in [-0.15, -0.1) is 10.2 Å². The van der Waals surface area contributed by atoms with E-state index >= 15 is 0 Å². The quantitative estimate of drug-likeness (QED) is 0.786. The largest absolute Gasteiger partial charge is 0.355 e. The first-order chi connectivity index (χ1) is 12.7. The molecule has 1 atom stereocenters. The van der Waals surface area contributed by atoms with Crippen LogP contribution in [-0.2, 0) is 6.54 Å². The molecule has 1 saturated heterocycles. The summed E-state index contributed by atoms with van der Waals surface area (Å²) in [6, 6.07) is 13.9. The van der Waals surface area contributed by atoms with Crippen molar-refractivity contribution in [2.45, 2.75) is 25.3 Å². The van der Waals surface area contributed by atoms with Gasteiger partial charge in [0, 0.05) is 37.8 Å². The van der Waals surface area contributed by atoms with E-state index in [0.29, 0.717) is 11.5 Å². The van der Waals surface area contributed by atoms with Crippen molar-refractivity contribution < 1.29 is 4.79 Å². The Bertz CT molecular complexity index is 902. The van der Waals surface area contributed by atoms with Gasteiger partial charge in [0.25, 0.3) is 5.91 Å². The van der Waals surface area contributed by atoms with Crippen molar-refractivity contribution in [2.75, 3.05) is 20.1 Å². The van der Waals surface area contributed by atoms with Crippen LogP contribution in [0.5, 0.6) is 0 Å². The summed E-state index contributed by atoms with van der Waals surface area (Å²) < 4.78 is 2.10. The molecule has 0 bridgehead atoms. The lowest BCUT2D eigenvalue weighted by atomic mass is 9.96. The number of amides is 1. The highest BCUT2D eigenvalue weighted by molar-refractivity contribution is 5.93. The number of nitrogens with zero attached hydrogens (tertiary/aromatic N) is 4.